The molecule has 1 unspecified atom stereocenters. The van der Waals surface area contributed by atoms with Crippen molar-refractivity contribution in [3.8, 4) is 0 Å². The van der Waals surface area contributed by atoms with Gasteiger partial charge < -0.3 is 9.88 Å². The summed E-state index contributed by atoms with van der Waals surface area (Å²) in [5.74, 6) is 0. The molecule has 1 aromatic heterocycles. The molecule has 0 fully saturated rings. The fourth-order valence-corrected chi connectivity index (χ4v) is 3.25. The van der Waals surface area contributed by atoms with Crippen LogP contribution in [0.1, 0.15) is 18.0 Å². The van der Waals surface area contributed by atoms with Gasteiger partial charge in [-0.15, -0.1) is 0 Å². The molecule has 0 saturated heterocycles. The molecule has 0 spiro atoms. The maximum atomic E-state index is 3.59. The Morgan fingerprint density at radius 1 is 1.10 bits per heavy atom. The summed E-state index contributed by atoms with van der Waals surface area (Å²) in [6.45, 7) is 0.990. The molecule has 0 aliphatic rings. The summed E-state index contributed by atoms with van der Waals surface area (Å²) < 4.78 is 3.51. The summed E-state index contributed by atoms with van der Waals surface area (Å²) in [5, 5.41) is 4.56. The third-order valence-corrected chi connectivity index (χ3v) is 4.36. The van der Waals surface area contributed by atoms with Crippen molar-refractivity contribution in [1.29, 1.82) is 0 Å². The zero-order valence-corrected chi connectivity index (χ0v) is 13.7. The molecule has 0 radical (unpaired) electrons. The van der Waals surface area contributed by atoms with Gasteiger partial charge in [0.2, 0.25) is 0 Å². The Morgan fingerprint density at radius 3 is 2.76 bits per heavy atom. The van der Waals surface area contributed by atoms with E-state index < -0.39 is 0 Å². The van der Waals surface area contributed by atoms with E-state index in [0.29, 0.717) is 6.04 Å². The molecule has 21 heavy (non-hydrogen) atoms. The van der Waals surface area contributed by atoms with Crippen LogP contribution in [0.2, 0.25) is 0 Å². The van der Waals surface area contributed by atoms with Crippen LogP contribution in [0.4, 0.5) is 0 Å². The van der Waals surface area contributed by atoms with Crippen LogP contribution in [0, 0.1) is 0 Å². The highest BCUT2D eigenvalue weighted by Crippen LogP contribution is 2.29. The van der Waals surface area contributed by atoms with Crippen LogP contribution in [0.5, 0.6) is 0 Å². The minimum atomic E-state index is 0.342. The van der Waals surface area contributed by atoms with Crippen LogP contribution in [0.25, 0.3) is 10.9 Å². The number of nitrogens with one attached hydrogen (secondary N) is 1. The van der Waals surface area contributed by atoms with Gasteiger partial charge in [-0.25, -0.2) is 0 Å². The van der Waals surface area contributed by atoms with E-state index in [4.69, 9.17) is 0 Å². The molecule has 0 bridgehead atoms. The summed E-state index contributed by atoms with van der Waals surface area (Å²) in [4.78, 5) is 0. The largest absolute Gasteiger partial charge is 0.340 e. The maximum absolute atomic E-state index is 3.59. The average Bonchev–Trinajstić information content (AvgIpc) is 2.92. The predicted molar refractivity (Wildman–Crippen MR) is 92.8 cm³/mol. The van der Waals surface area contributed by atoms with Crippen LogP contribution >= 0.6 is 15.9 Å². The molecule has 108 valence electrons. The molecule has 0 saturated carbocycles. The number of halogens is 1. The molecule has 1 atom stereocenters. The quantitative estimate of drug-likeness (QED) is 0.716. The van der Waals surface area contributed by atoms with Crippen molar-refractivity contribution in [3.63, 3.8) is 0 Å². The van der Waals surface area contributed by atoms with Crippen molar-refractivity contribution in [3.05, 3.63) is 70.8 Å². The third kappa shape index (κ3) is 3.04. The standard InChI is InChI=1S/C18H19BrN2/c1-20-11-9-18(15-6-4-7-16(19)13-15)21-12-10-14-5-2-3-8-17(14)21/h2-8,10,12-13,18,20H,9,11H2,1H3. The second kappa shape index (κ2) is 6.46. The molecule has 2 aromatic carbocycles. The van der Waals surface area contributed by atoms with Crippen LogP contribution in [0.15, 0.2) is 65.3 Å². The molecular formula is C18H19BrN2. The monoisotopic (exact) mass is 342 g/mol. The number of para-hydroxylation sites is 1. The fraction of sp³-hybridized carbons (Fsp3) is 0.222. The summed E-state index contributed by atoms with van der Waals surface area (Å²) >= 11 is 3.59. The lowest BCUT2D eigenvalue weighted by atomic mass is 10.0. The normalized spacial score (nSPS) is 12.7. The molecule has 3 aromatic rings. The smallest absolute Gasteiger partial charge is 0.0598 e. The van der Waals surface area contributed by atoms with Gasteiger partial charge in [0.25, 0.3) is 0 Å². The summed E-state index contributed by atoms with van der Waals surface area (Å²) in [6.07, 6.45) is 3.26. The molecule has 3 rings (SSSR count). The lowest BCUT2D eigenvalue weighted by Crippen LogP contribution is -2.17. The van der Waals surface area contributed by atoms with Crippen LogP contribution in [-0.2, 0) is 0 Å². The van der Waals surface area contributed by atoms with E-state index >= 15 is 0 Å². The van der Waals surface area contributed by atoms with Crippen LogP contribution < -0.4 is 5.32 Å². The van der Waals surface area contributed by atoms with Crippen molar-refractivity contribution < 1.29 is 0 Å². The van der Waals surface area contributed by atoms with E-state index in [9.17, 15) is 0 Å². The SMILES string of the molecule is CNCCC(c1cccc(Br)c1)n1ccc2ccccc21. The van der Waals surface area contributed by atoms with Crippen molar-refractivity contribution in [2.75, 3.05) is 13.6 Å². The van der Waals surface area contributed by atoms with Gasteiger partial charge in [0.1, 0.15) is 0 Å². The molecule has 3 heteroatoms. The van der Waals surface area contributed by atoms with Crippen LogP contribution in [0.3, 0.4) is 0 Å². The Kier molecular flexibility index (Phi) is 4.42. The van der Waals surface area contributed by atoms with Crippen molar-refractivity contribution in [2.45, 2.75) is 12.5 Å². The number of rotatable bonds is 5. The fourth-order valence-electron chi connectivity index (χ4n) is 2.84. The van der Waals surface area contributed by atoms with Gasteiger partial charge in [-0.05, 0) is 55.2 Å². The molecular weight excluding hydrogens is 324 g/mol. The molecule has 0 aliphatic carbocycles. The molecule has 1 N–H and O–H groups in total. The lowest BCUT2D eigenvalue weighted by Gasteiger charge is -2.21. The first kappa shape index (κ1) is 14.4. The van der Waals surface area contributed by atoms with Crippen molar-refractivity contribution in [1.82, 2.24) is 9.88 Å². The minimum absolute atomic E-state index is 0.342. The van der Waals surface area contributed by atoms with Crippen LogP contribution in [-0.4, -0.2) is 18.2 Å². The Labute approximate surface area is 133 Å². The van der Waals surface area contributed by atoms with E-state index in [-0.39, 0.29) is 0 Å². The van der Waals surface area contributed by atoms with Gasteiger partial charge in [0.05, 0.1) is 6.04 Å². The summed E-state index contributed by atoms with van der Waals surface area (Å²) in [6, 6.07) is 19.7. The van der Waals surface area contributed by atoms with Gasteiger partial charge in [-0.1, -0.05) is 46.3 Å². The van der Waals surface area contributed by atoms with Gasteiger partial charge in [0, 0.05) is 16.2 Å². The van der Waals surface area contributed by atoms with Crippen molar-refractivity contribution >= 4 is 26.8 Å². The zero-order chi connectivity index (χ0) is 14.7. The lowest BCUT2D eigenvalue weighted by molar-refractivity contribution is 0.539. The Morgan fingerprint density at radius 2 is 1.95 bits per heavy atom. The Bertz CT molecular complexity index is 733. The summed E-state index contributed by atoms with van der Waals surface area (Å²) in [5.41, 5.74) is 2.62. The number of hydrogen-bond donors (Lipinski definition) is 1. The van der Waals surface area contributed by atoms with E-state index in [0.717, 1.165) is 17.4 Å². The average molecular weight is 343 g/mol. The highest BCUT2D eigenvalue weighted by atomic mass is 79.9. The predicted octanol–water partition coefficient (Wildman–Crippen LogP) is 4.60. The molecule has 0 aliphatic heterocycles. The molecule has 1 heterocycles. The Hall–Kier alpha value is -1.58. The first-order chi connectivity index (χ1) is 10.3. The van der Waals surface area contributed by atoms with Gasteiger partial charge in [-0.2, -0.15) is 0 Å². The number of nitrogens with zero attached hydrogens (tertiary/aromatic N) is 1. The summed E-state index contributed by atoms with van der Waals surface area (Å²) in [7, 11) is 2.01. The maximum Gasteiger partial charge on any atom is 0.0598 e. The highest BCUT2D eigenvalue weighted by molar-refractivity contribution is 9.10. The molecule has 2 nitrogen and oxygen atoms in total. The topological polar surface area (TPSA) is 17.0 Å². The van der Waals surface area contributed by atoms with Gasteiger partial charge >= 0.3 is 0 Å². The van der Waals surface area contributed by atoms with Gasteiger partial charge in [-0.3, -0.25) is 0 Å². The number of benzene rings is 2. The Balaban J connectivity index is 2.06. The number of hydrogen-bond acceptors (Lipinski definition) is 1. The first-order valence-electron chi connectivity index (χ1n) is 7.25. The van der Waals surface area contributed by atoms with Crippen molar-refractivity contribution in [2.24, 2.45) is 0 Å². The highest BCUT2D eigenvalue weighted by Gasteiger charge is 2.15. The molecule has 0 amide bonds. The second-order valence-electron chi connectivity index (χ2n) is 5.24. The van der Waals surface area contributed by atoms with E-state index in [1.807, 2.05) is 7.05 Å². The minimum Gasteiger partial charge on any atom is -0.340 e. The van der Waals surface area contributed by atoms with E-state index in [2.05, 4.69) is 86.6 Å². The number of aromatic nitrogens is 1. The van der Waals surface area contributed by atoms with E-state index in [1.54, 1.807) is 0 Å². The second-order valence-corrected chi connectivity index (χ2v) is 6.16. The van der Waals surface area contributed by atoms with Gasteiger partial charge in [0.15, 0.2) is 0 Å². The first-order valence-corrected chi connectivity index (χ1v) is 8.04. The van der Waals surface area contributed by atoms with E-state index in [1.165, 1.54) is 16.5 Å². The zero-order valence-electron chi connectivity index (χ0n) is 12.1. The third-order valence-electron chi connectivity index (χ3n) is 3.87. The number of fused-ring (bicyclic) bond motifs is 1.